The highest BCUT2D eigenvalue weighted by molar-refractivity contribution is 5.60. The highest BCUT2D eigenvalue weighted by atomic mass is 16.5. The third-order valence-electron chi connectivity index (χ3n) is 21.4. The summed E-state index contributed by atoms with van der Waals surface area (Å²) in [5.41, 5.74) is 24.4. The number of nitrogens with zero attached hydrogens (tertiary/aromatic N) is 6. The Morgan fingerprint density at radius 2 is 0.467 bits per heavy atom. The molecule has 528 valence electrons. The number of hydrogen-bond donors (Lipinski definition) is 0. The Morgan fingerprint density at radius 1 is 0.238 bits per heavy atom. The smallest absolute Gasteiger partial charge is 0.161 e. The molecule has 18 rings (SSSR count). The van der Waals surface area contributed by atoms with Gasteiger partial charge in [-0.2, -0.15) is 0 Å². The molecule has 0 atom stereocenters. The highest BCUT2D eigenvalue weighted by Crippen LogP contribution is 2.43. The van der Waals surface area contributed by atoms with Crippen molar-refractivity contribution in [2.75, 3.05) is 69.8 Å². The Labute approximate surface area is 618 Å². The summed E-state index contributed by atoms with van der Waals surface area (Å²) >= 11 is 0. The van der Waals surface area contributed by atoms with Gasteiger partial charge in [-0.1, -0.05) is 161 Å². The minimum Gasteiger partial charge on any atom is -0.473 e. The van der Waals surface area contributed by atoms with E-state index in [-0.39, 0.29) is 10.8 Å². The molecule has 0 aromatic heterocycles. The number of ether oxygens (including phenoxy) is 6. The molecule has 0 fully saturated rings. The molecule has 12 nitrogen and oxygen atoms in total. The number of para-hydroxylation sites is 4. The van der Waals surface area contributed by atoms with Gasteiger partial charge in [-0.05, 0) is 210 Å². The first kappa shape index (κ1) is 67.7. The van der Waals surface area contributed by atoms with Gasteiger partial charge in [0.1, 0.15) is 34.5 Å². The van der Waals surface area contributed by atoms with Crippen LogP contribution in [-0.4, -0.2) is 40.4 Å². The summed E-state index contributed by atoms with van der Waals surface area (Å²) in [5.74, 6) is 5.90. The Kier molecular flexibility index (Phi) is 19.0. The first-order valence-electron chi connectivity index (χ1n) is 36.6. The minimum absolute atomic E-state index is 0.159. The molecule has 0 radical (unpaired) electrons. The summed E-state index contributed by atoms with van der Waals surface area (Å²) in [7, 11) is 0. The maximum Gasteiger partial charge on any atom is 0.161 e. The van der Waals surface area contributed by atoms with Gasteiger partial charge >= 0.3 is 0 Å². The van der Waals surface area contributed by atoms with E-state index in [1.807, 2.05) is 24.3 Å². The van der Waals surface area contributed by atoms with Crippen molar-refractivity contribution in [2.24, 2.45) is 0 Å². The molecule has 0 aliphatic carbocycles. The third kappa shape index (κ3) is 14.9. The lowest BCUT2D eigenvalue weighted by Gasteiger charge is -2.34. The fourth-order valence-corrected chi connectivity index (χ4v) is 15.1. The van der Waals surface area contributed by atoms with Crippen LogP contribution in [0.15, 0.2) is 279 Å². The third-order valence-corrected chi connectivity index (χ3v) is 21.4. The molecule has 12 aromatic rings. The predicted molar refractivity (Wildman–Crippen MR) is 424 cm³/mol. The van der Waals surface area contributed by atoms with E-state index in [1.54, 1.807) is 0 Å². The summed E-state index contributed by atoms with van der Waals surface area (Å²) in [4.78, 5) is 13.7. The molecule has 0 amide bonds. The first-order valence-corrected chi connectivity index (χ1v) is 36.6. The van der Waals surface area contributed by atoms with Crippen molar-refractivity contribution < 1.29 is 28.4 Å². The van der Waals surface area contributed by atoms with Gasteiger partial charge in [0, 0.05) is 118 Å². The van der Waals surface area contributed by atoms with Gasteiger partial charge in [0.05, 0.1) is 0 Å². The Balaban J connectivity index is 0.000000121. The van der Waals surface area contributed by atoms with Crippen molar-refractivity contribution in [3.63, 3.8) is 0 Å². The fraction of sp³-hybridized carbons (Fsp3) is 0.226. The van der Waals surface area contributed by atoms with E-state index >= 15 is 0 Å². The van der Waals surface area contributed by atoms with Crippen molar-refractivity contribution >= 4 is 34.1 Å². The number of rotatable bonds is 12. The molecular formula is C93H90N6O6. The van der Waals surface area contributed by atoms with Crippen LogP contribution in [0, 0.1) is 13.8 Å². The van der Waals surface area contributed by atoms with Gasteiger partial charge < -0.3 is 57.8 Å². The van der Waals surface area contributed by atoms with E-state index < -0.39 is 0 Å². The Hall–Kier alpha value is -11.8. The van der Waals surface area contributed by atoms with Crippen molar-refractivity contribution in [1.29, 1.82) is 0 Å². The van der Waals surface area contributed by atoms with Crippen LogP contribution in [0.4, 0.5) is 34.1 Å². The monoisotopic (exact) mass is 1390 g/mol. The molecule has 6 aliphatic heterocycles. The topological polar surface area (TPSA) is 74.8 Å². The van der Waals surface area contributed by atoms with E-state index in [0.717, 1.165) is 80.2 Å². The van der Waals surface area contributed by atoms with Crippen molar-refractivity contribution in [3.05, 3.63) is 357 Å². The van der Waals surface area contributed by atoms with Crippen molar-refractivity contribution in [2.45, 2.75) is 98.1 Å². The summed E-state index contributed by atoms with van der Waals surface area (Å²) in [6, 6.07) is 98.9. The lowest BCUT2D eigenvalue weighted by atomic mass is 9.77. The van der Waals surface area contributed by atoms with Gasteiger partial charge in [0.25, 0.3) is 0 Å². The quantitative estimate of drug-likeness (QED) is 0.117. The number of benzene rings is 12. The van der Waals surface area contributed by atoms with Crippen LogP contribution >= 0.6 is 0 Å². The van der Waals surface area contributed by atoms with Crippen LogP contribution in [-0.2, 0) is 56.5 Å². The standard InChI is InChI=1S/C33H34N2O2.C31H30N2O2.C29H26N2O2/c1-23-7-5-9-29(15-23)34-19-25-17-27(11-13-31(25)36-21-34)33(3,4)28-12-14-32-26(18-28)20-35(22-37-32)30-10-6-8-24(2)16-30;1-31(2,25-13-15-29-23(17-25)19-32(21-34-29)27-9-5-3-6-10-27)26-14-16-30-24(18-26)20-33(22-35-30)28-11-7-4-8-12-28;1-3-7-26(8-4-1)30-18-24-16-22(11-13-28(24)32-20-30)15-23-12-14-29-25(17-23)19-31(21-33-29)27-9-5-2-6-10-27/h5-18H,19-22H2,1-4H3;3-18H,19-22H2,1-2H3;1-14,16-17H,15,18-21H2. The maximum atomic E-state index is 6.14. The molecule has 6 aliphatic rings. The molecule has 0 saturated heterocycles. The number of anilines is 6. The fourth-order valence-electron chi connectivity index (χ4n) is 15.1. The van der Waals surface area contributed by atoms with Crippen molar-refractivity contribution in [1.82, 2.24) is 0 Å². The minimum atomic E-state index is -0.165. The highest BCUT2D eigenvalue weighted by Gasteiger charge is 2.32. The number of aryl methyl sites for hydroxylation is 2. The zero-order valence-corrected chi connectivity index (χ0v) is 60.9. The van der Waals surface area contributed by atoms with Gasteiger partial charge in [-0.3, -0.25) is 0 Å². The summed E-state index contributed by atoms with van der Waals surface area (Å²) in [5, 5.41) is 0. The van der Waals surface area contributed by atoms with Crippen molar-refractivity contribution in [3.8, 4) is 34.5 Å². The van der Waals surface area contributed by atoms with E-state index in [4.69, 9.17) is 28.4 Å². The molecule has 105 heavy (non-hydrogen) atoms. The van der Waals surface area contributed by atoms with Crippen LogP contribution in [0.2, 0.25) is 0 Å². The van der Waals surface area contributed by atoms with Gasteiger partial charge in [-0.15, -0.1) is 0 Å². The van der Waals surface area contributed by atoms with E-state index in [2.05, 4.69) is 326 Å². The van der Waals surface area contributed by atoms with Crippen LogP contribution in [0.3, 0.4) is 0 Å². The van der Waals surface area contributed by atoms with Gasteiger partial charge in [-0.25, -0.2) is 0 Å². The largest absolute Gasteiger partial charge is 0.473 e. The van der Waals surface area contributed by atoms with Gasteiger partial charge in [0.2, 0.25) is 0 Å². The zero-order valence-electron chi connectivity index (χ0n) is 60.9. The average molecular weight is 1390 g/mol. The summed E-state index contributed by atoms with van der Waals surface area (Å²) in [6.07, 6.45) is 0.886. The number of hydrogen-bond acceptors (Lipinski definition) is 12. The van der Waals surface area contributed by atoms with E-state index in [9.17, 15) is 0 Å². The lowest BCUT2D eigenvalue weighted by molar-refractivity contribution is 0.288. The number of fused-ring (bicyclic) bond motifs is 6. The molecule has 12 heteroatoms. The summed E-state index contributed by atoms with van der Waals surface area (Å²) in [6.45, 7) is 22.0. The van der Waals surface area contributed by atoms with Crippen LogP contribution < -0.4 is 57.8 Å². The lowest BCUT2D eigenvalue weighted by Crippen LogP contribution is -2.33. The SMILES string of the molecule is CC(C)(c1ccc2c(c1)CN(c1ccccc1)CO2)c1ccc2c(c1)CN(c1ccccc1)CO2.Cc1cccc(N2COc3ccc(C(C)(C)c4ccc5c(c4)CN(c4cccc(C)c4)CO5)cc3C2)c1.c1ccc(N2COc3ccc(Cc4ccc5c(c4)CN(c4ccccc4)CO5)cc3C2)cc1. The van der Waals surface area contributed by atoms with E-state index in [1.165, 1.54) is 112 Å². The molecule has 0 bridgehead atoms. The molecular weight excluding hydrogens is 1300 g/mol. The normalized spacial score (nSPS) is 14.9. The molecule has 0 unspecified atom stereocenters. The maximum absolute atomic E-state index is 6.14. The second kappa shape index (κ2) is 29.5. The second-order valence-electron chi connectivity index (χ2n) is 29.4. The molecule has 6 heterocycles. The predicted octanol–water partition coefficient (Wildman–Crippen LogP) is 20.1. The Bertz CT molecular complexity index is 4740. The molecule has 0 N–H and O–H groups in total. The van der Waals surface area contributed by atoms with Crippen LogP contribution in [0.5, 0.6) is 34.5 Å². The molecule has 0 saturated carbocycles. The van der Waals surface area contributed by atoms with Gasteiger partial charge in [0.15, 0.2) is 40.4 Å². The summed E-state index contributed by atoms with van der Waals surface area (Å²) < 4.78 is 36.5. The Morgan fingerprint density at radius 3 is 0.724 bits per heavy atom. The first-order chi connectivity index (χ1) is 51.3. The zero-order chi connectivity index (χ0) is 71.4. The van der Waals surface area contributed by atoms with Crippen LogP contribution in [0.25, 0.3) is 0 Å². The average Bonchev–Trinajstić information content (AvgIpc) is 0.774. The molecule has 0 spiro atoms. The molecule has 12 aromatic carbocycles. The second-order valence-corrected chi connectivity index (χ2v) is 29.4. The van der Waals surface area contributed by atoms with Crippen LogP contribution in [0.1, 0.15) is 106 Å². The van der Waals surface area contributed by atoms with E-state index in [0.29, 0.717) is 40.4 Å².